The molecular formula is C23H24F9N2P. The molecule has 194 valence electrons. The van der Waals surface area contributed by atoms with Crippen molar-refractivity contribution < 1.29 is 39.5 Å². The summed E-state index contributed by atoms with van der Waals surface area (Å²) in [5.74, 6) is 0. The topological polar surface area (TPSA) is 24.4 Å². The minimum Gasteiger partial charge on any atom is -0.365 e. The number of halogens is 9. The lowest BCUT2D eigenvalue weighted by Crippen LogP contribution is -2.42. The van der Waals surface area contributed by atoms with Crippen molar-refractivity contribution >= 4 is 24.1 Å². The largest absolute Gasteiger partial charge is 0.416 e. The molecule has 1 atom stereocenters. The molecule has 0 aliphatic carbocycles. The third kappa shape index (κ3) is 7.85. The average Bonchev–Trinajstić information content (AvgIpc) is 2.64. The lowest BCUT2D eigenvalue weighted by atomic mass is 10.1. The minimum atomic E-state index is -5.11. The molecule has 2 rings (SSSR count). The summed E-state index contributed by atoms with van der Waals surface area (Å²) in [7, 11) is -2.35. The number of hydrogen-bond donors (Lipinski definition) is 1. The van der Waals surface area contributed by atoms with E-state index in [-0.39, 0.29) is 29.1 Å². The van der Waals surface area contributed by atoms with Gasteiger partial charge in [-0.2, -0.15) is 39.5 Å². The molecule has 0 aliphatic rings. The van der Waals surface area contributed by atoms with E-state index in [1.165, 1.54) is 13.0 Å². The second kappa shape index (κ2) is 9.99. The Morgan fingerprint density at radius 2 is 1.11 bits per heavy atom. The van der Waals surface area contributed by atoms with Crippen molar-refractivity contribution in [2.24, 2.45) is 4.99 Å². The summed E-state index contributed by atoms with van der Waals surface area (Å²) in [6.07, 6.45) is -15.0. The number of alkyl halides is 9. The molecule has 1 unspecified atom stereocenters. The highest BCUT2D eigenvalue weighted by molar-refractivity contribution is 7.88. The van der Waals surface area contributed by atoms with E-state index in [4.69, 9.17) is 0 Å². The molecule has 2 nitrogen and oxygen atoms in total. The van der Waals surface area contributed by atoms with E-state index in [1.807, 2.05) is 0 Å². The van der Waals surface area contributed by atoms with Crippen LogP contribution in [0.2, 0.25) is 0 Å². The summed E-state index contributed by atoms with van der Waals surface area (Å²) in [6, 6.07) is 4.02. The smallest absolute Gasteiger partial charge is 0.365 e. The van der Waals surface area contributed by atoms with Crippen molar-refractivity contribution in [2.45, 2.75) is 58.7 Å². The van der Waals surface area contributed by atoms with E-state index in [0.29, 0.717) is 12.1 Å². The van der Waals surface area contributed by atoms with Gasteiger partial charge in [0, 0.05) is 20.0 Å². The van der Waals surface area contributed by atoms with Crippen LogP contribution in [0.25, 0.3) is 0 Å². The fourth-order valence-corrected chi connectivity index (χ4v) is 5.82. The first kappa shape index (κ1) is 28.9. The number of benzene rings is 2. The molecule has 0 radical (unpaired) electrons. The Balaban J connectivity index is 2.96. The highest BCUT2D eigenvalue weighted by Gasteiger charge is 2.39. The zero-order valence-corrected chi connectivity index (χ0v) is 20.4. The lowest BCUT2D eigenvalue weighted by molar-refractivity contribution is -0.143. The summed E-state index contributed by atoms with van der Waals surface area (Å²) in [6.45, 7) is 8.14. The van der Waals surface area contributed by atoms with Crippen LogP contribution in [-0.4, -0.2) is 17.7 Å². The van der Waals surface area contributed by atoms with Crippen LogP contribution in [0.3, 0.4) is 0 Å². The van der Waals surface area contributed by atoms with Crippen LogP contribution in [0.15, 0.2) is 41.4 Å². The van der Waals surface area contributed by atoms with Gasteiger partial charge in [-0.1, -0.05) is 6.07 Å². The Morgan fingerprint density at radius 3 is 1.49 bits per heavy atom. The normalized spacial score (nSPS) is 14.7. The van der Waals surface area contributed by atoms with Gasteiger partial charge in [-0.15, -0.1) is 0 Å². The van der Waals surface area contributed by atoms with E-state index in [0.717, 1.165) is 12.1 Å². The molecule has 2 aromatic carbocycles. The molecule has 0 saturated heterocycles. The van der Waals surface area contributed by atoms with Crippen LogP contribution in [0.1, 0.15) is 49.9 Å². The zero-order valence-electron chi connectivity index (χ0n) is 19.5. The number of aliphatic imine (C=N–C) groups is 1. The quantitative estimate of drug-likeness (QED) is 0.192. The maximum Gasteiger partial charge on any atom is 0.416 e. The van der Waals surface area contributed by atoms with E-state index < -0.39 is 54.0 Å². The predicted octanol–water partition coefficient (Wildman–Crippen LogP) is 7.25. The fraction of sp³-hybridized carbons (Fsp3) is 0.435. The van der Waals surface area contributed by atoms with E-state index >= 15 is 0 Å². The first-order chi connectivity index (χ1) is 15.7. The molecular weight excluding hydrogens is 506 g/mol. The number of nitrogens with zero attached hydrogens (tertiary/aromatic N) is 1. The van der Waals surface area contributed by atoms with Crippen molar-refractivity contribution in [3.63, 3.8) is 0 Å². The van der Waals surface area contributed by atoms with Gasteiger partial charge in [0.2, 0.25) is 0 Å². The first-order valence-corrected chi connectivity index (χ1v) is 11.7. The summed E-state index contributed by atoms with van der Waals surface area (Å²) in [5.41, 5.74) is -4.73. The van der Waals surface area contributed by atoms with E-state index in [9.17, 15) is 39.5 Å². The minimum absolute atomic E-state index is 0.0117. The maximum atomic E-state index is 13.6. The molecule has 0 amide bonds. The molecule has 0 saturated carbocycles. The predicted molar refractivity (Wildman–Crippen MR) is 120 cm³/mol. The molecule has 2 aromatic rings. The third-order valence-electron chi connectivity index (χ3n) is 4.48. The van der Waals surface area contributed by atoms with Crippen molar-refractivity contribution in [2.75, 3.05) is 6.54 Å². The second-order valence-corrected chi connectivity index (χ2v) is 11.0. The van der Waals surface area contributed by atoms with Crippen LogP contribution < -0.4 is 15.9 Å². The third-order valence-corrected chi connectivity index (χ3v) is 6.71. The molecule has 35 heavy (non-hydrogen) atoms. The van der Waals surface area contributed by atoms with Crippen LogP contribution in [0.4, 0.5) is 39.5 Å². The molecule has 0 bridgehead atoms. The van der Waals surface area contributed by atoms with Gasteiger partial charge < -0.3 is 5.32 Å². The molecule has 1 N–H and O–H groups in total. The van der Waals surface area contributed by atoms with E-state index in [1.54, 1.807) is 27.7 Å². The monoisotopic (exact) mass is 530 g/mol. The van der Waals surface area contributed by atoms with Gasteiger partial charge in [-0.05, 0) is 81.1 Å². The fourth-order valence-electron chi connectivity index (χ4n) is 3.17. The molecule has 0 aliphatic heterocycles. The van der Waals surface area contributed by atoms with Crippen LogP contribution in [-0.2, 0) is 18.5 Å². The number of rotatable bonds is 4. The Hall–Kier alpha value is -2.29. The number of nitrogens with one attached hydrogen (secondary N) is 1. The zero-order chi connectivity index (χ0) is 27.0. The summed E-state index contributed by atoms with van der Waals surface area (Å²) in [4.78, 5) is 4.26. The standard InChI is InChI=1S/C23H24F9N2P/c1-6-33-19(34-20(3,4)5)35(17-8-13(2)7-14(10-17)21(24,25)26)18-11-15(22(27,28)29)9-16(12-18)23(30,31)32/h7-12H,6H2,1-5H3,(H,33,34). The van der Waals surface area contributed by atoms with Crippen molar-refractivity contribution in [1.82, 2.24) is 5.32 Å². The van der Waals surface area contributed by atoms with Crippen molar-refractivity contribution in [1.29, 1.82) is 0 Å². The van der Waals surface area contributed by atoms with Gasteiger partial charge >= 0.3 is 18.5 Å². The Kier molecular flexibility index (Phi) is 8.26. The Morgan fingerprint density at radius 1 is 0.714 bits per heavy atom. The number of hydrogen-bond acceptors (Lipinski definition) is 1. The van der Waals surface area contributed by atoms with Gasteiger partial charge in [0.15, 0.2) is 0 Å². The Labute approximate surface area is 198 Å². The summed E-state index contributed by atoms with van der Waals surface area (Å²) in [5, 5.41) is 2.48. The highest BCUT2D eigenvalue weighted by Crippen LogP contribution is 2.42. The van der Waals surface area contributed by atoms with Gasteiger partial charge in [0.25, 0.3) is 0 Å². The molecule has 0 spiro atoms. The van der Waals surface area contributed by atoms with Gasteiger partial charge in [0.05, 0.1) is 16.7 Å². The summed E-state index contributed by atoms with van der Waals surface area (Å²) >= 11 is 0. The van der Waals surface area contributed by atoms with Crippen molar-refractivity contribution in [3.8, 4) is 0 Å². The van der Waals surface area contributed by atoms with Crippen LogP contribution >= 0.6 is 7.92 Å². The Bertz CT molecular complexity index is 1050. The van der Waals surface area contributed by atoms with Crippen LogP contribution in [0.5, 0.6) is 0 Å². The summed E-state index contributed by atoms with van der Waals surface area (Å²) < 4.78 is 122. The molecule has 0 heterocycles. The van der Waals surface area contributed by atoms with Crippen LogP contribution in [0, 0.1) is 6.92 Å². The van der Waals surface area contributed by atoms with Gasteiger partial charge in [-0.25, -0.2) is 0 Å². The SMILES string of the molecule is CCN=C(NC(C)(C)C)P(c1cc(C)cc(C(F)(F)F)c1)c1cc(C(F)(F)F)cc(C(F)(F)F)c1. The number of aryl methyl sites for hydroxylation is 1. The molecule has 12 heteroatoms. The second-order valence-electron chi connectivity index (χ2n) is 8.83. The maximum absolute atomic E-state index is 13.6. The average molecular weight is 530 g/mol. The highest BCUT2D eigenvalue weighted by atomic mass is 31.1. The first-order valence-electron chi connectivity index (χ1n) is 10.3. The number of amidine groups is 1. The lowest BCUT2D eigenvalue weighted by Gasteiger charge is -2.30. The van der Waals surface area contributed by atoms with E-state index in [2.05, 4.69) is 10.3 Å². The molecule has 0 aromatic heterocycles. The van der Waals surface area contributed by atoms with Crippen molar-refractivity contribution in [3.05, 3.63) is 58.7 Å². The molecule has 0 fully saturated rings. The van der Waals surface area contributed by atoms with Gasteiger partial charge in [-0.3, -0.25) is 4.99 Å². The van der Waals surface area contributed by atoms with Gasteiger partial charge in [0.1, 0.15) is 5.58 Å².